The van der Waals surface area contributed by atoms with Gasteiger partial charge in [0.15, 0.2) is 0 Å². The van der Waals surface area contributed by atoms with Gasteiger partial charge in [0.25, 0.3) is 0 Å². The summed E-state index contributed by atoms with van der Waals surface area (Å²) >= 11 is 3.47. The summed E-state index contributed by atoms with van der Waals surface area (Å²) in [4.78, 5) is 2.43. The Morgan fingerprint density at radius 1 is 1.39 bits per heavy atom. The van der Waals surface area contributed by atoms with Gasteiger partial charge >= 0.3 is 0 Å². The third-order valence-corrected chi connectivity index (χ3v) is 4.10. The average molecular weight is 313 g/mol. The third kappa shape index (κ3) is 3.05. The molecule has 1 aromatic rings. The van der Waals surface area contributed by atoms with E-state index in [2.05, 4.69) is 64.3 Å². The zero-order valence-corrected chi connectivity index (χ0v) is 12.6. The summed E-state index contributed by atoms with van der Waals surface area (Å²) < 4.78 is 1.10. The smallest absolute Gasteiger partial charge is 0.0471 e. The molecule has 1 saturated heterocycles. The molecular weight excluding hydrogens is 292 g/mol. The number of rotatable bonds is 3. The van der Waals surface area contributed by atoms with Crippen LogP contribution in [0.3, 0.4) is 0 Å². The Labute approximate surface area is 117 Å². The van der Waals surface area contributed by atoms with E-state index >= 15 is 0 Å². The molecule has 1 heterocycles. The van der Waals surface area contributed by atoms with E-state index in [1.54, 1.807) is 0 Å². The van der Waals surface area contributed by atoms with Crippen molar-refractivity contribution >= 4 is 21.6 Å². The lowest BCUT2D eigenvalue weighted by molar-refractivity contribution is 0.239. The summed E-state index contributed by atoms with van der Waals surface area (Å²) in [6.07, 6.45) is 0.809. The van der Waals surface area contributed by atoms with Crippen molar-refractivity contribution in [1.82, 2.24) is 5.32 Å². The van der Waals surface area contributed by atoms with Crippen LogP contribution >= 0.6 is 15.9 Å². The standard InChI is InChI=1S/C14H21BrN2O/c1-14(2)10-16-12(7-8-18)9-17(14)13-5-3-11(15)4-6-13/h3-6,12,16,18H,7-10H2,1-2H3. The molecule has 2 rings (SSSR count). The second-order valence-electron chi connectivity index (χ2n) is 5.49. The number of anilines is 1. The SMILES string of the molecule is CC1(C)CNC(CCO)CN1c1ccc(Br)cc1. The number of nitrogens with one attached hydrogen (secondary N) is 1. The van der Waals surface area contributed by atoms with Crippen LogP contribution in [0.5, 0.6) is 0 Å². The number of piperazine rings is 1. The Morgan fingerprint density at radius 2 is 2.06 bits per heavy atom. The summed E-state index contributed by atoms with van der Waals surface area (Å²) in [5, 5.41) is 12.6. The minimum Gasteiger partial charge on any atom is -0.396 e. The summed E-state index contributed by atoms with van der Waals surface area (Å²) in [6.45, 7) is 6.61. The average Bonchev–Trinajstić information content (AvgIpc) is 2.33. The van der Waals surface area contributed by atoms with E-state index in [0.717, 1.165) is 24.0 Å². The molecule has 0 aromatic heterocycles. The first-order valence-corrected chi connectivity index (χ1v) is 7.20. The maximum Gasteiger partial charge on any atom is 0.0471 e. The van der Waals surface area contributed by atoms with Crippen LogP contribution in [0.25, 0.3) is 0 Å². The minimum atomic E-state index is 0.0970. The van der Waals surface area contributed by atoms with Gasteiger partial charge in [-0.3, -0.25) is 0 Å². The molecule has 1 aromatic carbocycles. The predicted molar refractivity (Wildman–Crippen MR) is 79.1 cm³/mol. The maximum absolute atomic E-state index is 9.08. The first-order chi connectivity index (χ1) is 8.53. The largest absolute Gasteiger partial charge is 0.396 e. The van der Waals surface area contributed by atoms with Gasteiger partial charge in [-0.2, -0.15) is 0 Å². The molecule has 1 fully saturated rings. The molecule has 3 nitrogen and oxygen atoms in total. The lowest BCUT2D eigenvalue weighted by atomic mass is 9.95. The highest BCUT2D eigenvalue weighted by Gasteiger charge is 2.33. The lowest BCUT2D eigenvalue weighted by Crippen LogP contribution is -2.62. The highest BCUT2D eigenvalue weighted by molar-refractivity contribution is 9.10. The Hall–Kier alpha value is -0.580. The quantitative estimate of drug-likeness (QED) is 0.899. The number of benzene rings is 1. The molecule has 1 unspecified atom stereocenters. The van der Waals surface area contributed by atoms with Crippen molar-refractivity contribution in [3.8, 4) is 0 Å². The van der Waals surface area contributed by atoms with Crippen LogP contribution in [0.1, 0.15) is 20.3 Å². The third-order valence-electron chi connectivity index (χ3n) is 3.57. The molecule has 18 heavy (non-hydrogen) atoms. The normalized spacial score (nSPS) is 23.1. The number of nitrogens with zero attached hydrogens (tertiary/aromatic N) is 1. The minimum absolute atomic E-state index is 0.0970. The molecule has 1 aliphatic rings. The first kappa shape index (κ1) is 13.8. The molecular formula is C14H21BrN2O. The van der Waals surface area contributed by atoms with Crippen LogP contribution in [0.15, 0.2) is 28.7 Å². The van der Waals surface area contributed by atoms with E-state index in [1.807, 2.05) is 0 Å². The predicted octanol–water partition coefficient (Wildman–Crippen LogP) is 2.39. The van der Waals surface area contributed by atoms with Crippen molar-refractivity contribution in [1.29, 1.82) is 0 Å². The second-order valence-corrected chi connectivity index (χ2v) is 6.41. The second kappa shape index (κ2) is 5.59. The number of hydrogen-bond donors (Lipinski definition) is 2. The molecule has 0 radical (unpaired) electrons. The number of halogens is 1. The van der Waals surface area contributed by atoms with Crippen LogP contribution in [-0.4, -0.2) is 36.4 Å². The molecule has 2 N–H and O–H groups in total. The Morgan fingerprint density at radius 3 is 2.67 bits per heavy atom. The van der Waals surface area contributed by atoms with E-state index < -0.39 is 0 Å². The van der Waals surface area contributed by atoms with Crippen molar-refractivity contribution in [3.05, 3.63) is 28.7 Å². The molecule has 0 aliphatic carbocycles. The van der Waals surface area contributed by atoms with E-state index in [0.29, 0.717) is 6.04 Å². The lowest BCUT2D eigenvalue weighted by Gasteiger charge is -2.47. The van der Waals surface area contributed by atoms with E-state index in [9.17, 15) is 0 Å². The molecule has 0 amide bonds. The number of aliphatic hydroxyl groups excluding tert-OH is 1. The summed E-state index contributed by atoms with van der Waals surface area (Å²) in [5.41, 5.74) is 1.34. The Kier molecular flexibility index (Phi) is 4.30. The van der Waals surface area contributed by atoms with Gasteiger partial charge < -0.3 is 15.3 Å². The van der Waals surface area contributed by atoms with Gasteiger partial charge in [0.2, 0.25) is 0 Å². The van der Waals surface area contributed by atoms with Gasteiger partial charge in [0.1, 0.15) is 0 Å². The van der Waals surface area contributed by atoms with Crippen molar-refractivity contribution in [2.45, 2.75) is 31.8 Å². The van der Waals surface area contributed by atoms with Crippen LogP contribution in [0.4, 0.5) is 5.69 Å². The zero-order chi connectivity index (χ0) is 13.2. The van der Waals surface area contributed by atoms with E-state index in [4.69, 9.17) is 5.11 Å². The molecule has 4 heteroatoms. The summed E-state index contributed by atoms with van der Waals surface area (Å²) in [7, 11) is 0. The number of aliphatic hydroxyl groups is 1. The highest BCUT2D eigenvalue weighted by Crippen LogP contribution is 2.28. The fourth-order valence-electron chi connectivity index (χ4n) is 2.45. The topological polar surface area (TPSA) is 35.5 Å². The molecule has 0 bridgehead atoms. The van der Waals surface area contributed by atoms with Gasteiger partial charge in [0.05, 0.1) is 0 Å². The molecule has 0 saturated carbocycles. The van der Waals surface area contributed by atoms with Gasteiger partial charge in [-0.05, 0) is 44.5 Å². The van der Waals surface area contributed by atoms with Crippen molar-refractivity contribution < 1.29 is 5.11 Å². The fraction of sp³-hybridized carbons (Fsp3) is 0.571. The van der Waals surface area contributed by atoms with Crippen molar-refractivity contribution in [2.24, 2.45) is 0 Å². The van der Waals surface area contributed by atoms with Gasteiger partial charge in [-0.15, -0.1) is 0 Å². The van der Waals surface area contributed by atoms with E-state index in [-0.39, 0.29) is 12.1 Å². The monoisotopic (exact) mass is 312 g/mol. The molecule has 100 valence electrons. The van der Waals surface area contributed by atoms with Crippen molar-refractivity contribution in [2.75, 3.05) is 24.6 Å². The zero-order valence-electron chi connectivity index (χ0n) is 11.0. The van der Waals surface area contributed by atoms with Crippen molar-refractivity contribution in [3.63, 3.8) is 0 Å². The van der Waals surface area contributed by atoms with Gasteiger partial charge in [-0.25, -0.2) is 0 Å². The highest BCUT2D eigenvalue weighted by atomic mass is 79.9. The van der Waals surface area contributed by atoms with Crippen LogP contribution in [0, 0.1) is 0 Å². The molecule has 1 aliphatic heterocycles. The Bertz CT molecular complexity index is 391. The summed E-state index contributed by atoms with van der Waals surface area (Å²) in [5.74, 6) is 0. The first-order valence-electron chi connectivity index (χ1n) is 6.40. The maximum atomic E-state index is 9.08. The fourth-order valence-corrected chi connectivity index (χ4v) is 2.71. The molecule has 1 atom stereocenters. The van der Waals surface area contributed by atoms with E-state index in [1.165, 1.54) is 5.69 Å². The molecule has 0 spiro atoms. The summed E-state index contributed by atoms with van der Waals surface area (Å²) in [6, 6.07) is 8.82. The Balaban J connectivity index is 2.18. The number of hydrogen-bond acceptors (Lipinski definition) is 3. The van der Waals surface area contributed by atoms with Crippen LogP contribution < -0.4 is 10.2 Å². The van der Waals surface area contributed by atoms with Crippen LogP contribution in [0.2, 0.25) is 0 Å². The van der Waals surface area contributed by atoms with Crippen LogP contribution in [-0.2, 0) is 0 Å². The van der Waals surface area contributed by atoms with Gasteiger partial charge in [-0.1, -0.05) is 15.9 Å². The van der Waals surface area contributed by atoms with Gasteiger partial charge in [0, 0.05) is 41.4 Å².